The molecule has 0 bridgehead atoms. The first-order valence-corrected chi connectivity index (χ1v) is 8.77. The van der Waals surface area contributed by atoms with Crippen molar-refractivity contribution >= 4 is 23.4 Å². The molecular formula is C18H21ClN4O2. The Kier molecular flexibility index (Phi) is 5.08. The van der Waals surface area contributed by atoms with Crippen LogP contribution in [0, 0.1) is 0 Å². The second-order valence-corrected chi connectivity index (χ2v) is 6.43. The molecule has 1 aromatic heterocycles. The molecule has 1 aromatic carbocycles. The number of piperazine rings is 1. The van der Waals surface area contributed by atoms with Crippen LogP contribution in [0.5, 0.6) is 0 Å². The summed E-state index contributed by atoms with van der Waals surface area (Å²) in [4.78, 5) is 27.9. The molecule has 1 aliphatic heterocycles. The number of amides is 2. The van der Waals surface area contributed by atoms with Crippen molar-refractivity contribution in [2.24, 2.45) is 0 Å². The number of aromatic nitrogens is 2. The molecule has 132 valence electrons. The highest BCUT2D eigenvalue weighted by Crippen LogP contribution is 2.23. The van der Waals surface area contributed by atoms with Crippen LogP contribution < -0.4 is 0 Å². The summed E-state index contributed by atoms with van der Waals surface area (Å²) in [7, 11) is 0. The first-order chi connectivity index (χ1) is 12.0. The monoisotopic (exact) mass is 360 g/mol. The first kappa shape index (κ1) is 17.5. The van der Waals surface area contributed by atoms with Gasteiger partial charge in [-0.2, -0.15) is 5.10 Å². The lowest BCUT2D eigenvalue weighted by atomic mass is 10.1. The third-order valence-electron chi connectivity index (χ3n) is 4.53. The second kappa shape index (κ2) is 7.27. The predicted octanol–water partition coefficient (Wildman–Crippen LogP) is 2.39. The van der Waals surface area contributed by atoms with E-state index in [0.717, 1.165) is 11.4 Å². The van der Waals surface area contributed by atoms with Crippen LogP contribution >= 0.6 is 11.6 Å². The summed E-state index contributed by atoms with van der Waals surface area (Å²) in [5.74, 6) is 0.00578. The molecule has 0 saturated carbocycles. The van der Waals surface area contributed by atoms with Gasteiger partial charge < -0.3 is 9.80 Å². The molecule has 0 aliphatic carbocycles. The van der Waals surface area contributed by atoms with Crippen molar-refractivity contribution in [1.82, 2.24) is 19.6 Å². The van der Waals surface area contributed by atoms with Crippen LogP contribution in [-0.4, -0.2) is 57.6 Å². The average molecular weight is 361 g/mol. The number of hydrogen-bond acceptors (Lipinski definition) is 3. The van der Waals surface area contributed by atoms with Crippen LogP contribution in [0.3, 0.4) is 0 Å². The van der Waals surface area contributed by atoms with Gasteiger partial charge in [0.05, 0.1) is 28.2 Å². The van der Waals surface area contributed by atoms with Gasteiger partial charge in [-0.05, 0) is 18.6 Å². The van der Waals surface area contributed by atoms with Gasteiger partial charge in [-0.1, -0.05) is 30.7 Å². The molecule has 1 saturated heterocycles. The van der Waals surface area contributed by atoms with Gasteiger partial charge in [0, 0.05) is 33.1 Å². The Morgan fingerprint density at radius 2 is 1.76 bits per heavy atom. The van der Waals surface area contributed by atoms with Crippen molar-refractivity contribution < 1.29 is 9.59 Å². The van der Waals surface area contributed by atoms with Crippen molar-refractivity contribution in [2.75, 3.05) is 26.2 Å². The maximum Gasteiger partial charge on any atom is 0.257 e. The summed E-state index contributed by atoms with van der Waals surface area (Å²) >= 11 is 6.28. The van der Waals surface area contributed by atoms with Crippen molar-refractivity contribution in [2.45, 2.75) is 20.3 Å². The maximum atomic E-state index is 12.9. The van der Waals surface area contributed by atoms with E-state index in [-0.39, 0.29) is 11.8 Å². The number of carbonyl (C=O) groups excluding carboxylic acids is 2. The van der Waals surface area contributed by atoms with Gasteiger partial charge in [0.1, 0.15) is 0 Å². The third kappa shape index (κ3) is 3.39. The Hall–Kier alpha value is -2.34. The summed E-state index contributed by atoms with van der Waals surface area (Å²) in [5.41, 5.74) is 2.20. The third-order valence-corrected chi connectivity index (χ3v) is 4.85. The number of carbonyl (C=O) groups is 2. The van der Waals surface area contributed by atoms with Gasteiger partial charge in [-0.15, -0.1) is 0 Å². The lowest BCUT2D eigenvalue weighted by molar-refractivity contribution is -0.130. The van der Waals surface area contributed by atoms with Gasteiger partial charge in [0.15, 0.2) is 0 Å². The van der Waals surface area contributed by atoms with E-state index in [9.17, 15) is 9.59 Å². The molecule has 0 radical (unpaired) electrons. The molecule has 3 rings (SSSR count). The minimum Gasteiger partial charge on any atom is -0.339 e. The second-order valence-electron chi connectivity index (χ2n) is 6.02. The Bertz CT molecular complexity index is 794. The van der Waals surface area contributed by atoms with Gasteiger partial charge >= 0.3 is 0 Å². The van der Waals surface area contributed by atoms with E-state index < -0.39 is 0 Å². The lowest BCUT2D eigenvalue weighted by Gasteiger charge is -2.34. The van der Waals surface area contributed by atoms with Crippen LogP contribution in [0.2, 0.25) is 5.02 Å². The summed E-state index contributed by atoms with van der Waals surface area (Å²) < 4.78 is 1.74. The smallest absolute Gasteiger partial charge is 0.257 e. The molecule has 6 nitrogen and oxygen atoms in total. The summed E-state index contributed by atoms with van der Waals surface area (Å²) in [5, 5.41) is 4.99. The zero-order valence-electron chi connectivity index (χ0n) is 14.4. The Morgan fingerprint density at radius 3 is 2.36 bits per heavy atom. The minimum absolute atomic E-state index is 0.0432. The van der Waals surface area contributed by atoms with Crippen LogP contribution in [0.25, 0.3) is 5.69 Å². The van der Waals surface area contributed by atoms with Crippen LogP contribution in [0.4, 0.5) is 0 Å². The van der Waals surface area contributed by atoms with Crippen molar-refractivity contribution in [3.63, 3.8) is 0 Å². The fraction of sp³-hybridized carbons (Fsp3) is 0.389. The number of para-hydroxylation sites is 1. The quantitative estimate of drug-likeness (QED) is 0.844. The highest BCUT2D eigenvalue weighted by Gasteiger charge is 2.26. The number of rotatable bonds is 3. The van der Waals surface area contributed by atoms with Gasteiger partial charge in [0.25, 0.3) is 5.91 Å². The van der Waals surface area contributed by atoms with E-state index in [2.05, 4.69) is 5.10 Å². The zero-order valence-corrected chi connectivity index (χ0v) is 15.2. The van der Waals surface area contributed by atoms with E-state index >= 15 is 0 Å². The molecule has 0 unspecified atom stereocenters. The predicted molar refractivity (Wildman–Crippen MR) is 96.1 cm³/mol. The fourth-order valence-electron chi connectivity index (χ4n) is 3.12. The molecule has 0 atom stereocenters. The number of hydrogen-bond donors (Lipinski definition) is 0. The van der Waals surface area contributed by atoms with E-state index in [0.29, 0.717) is 43.2 Å². The highest BCUT2D eigenvalue weighted by atomic mass is 35.5. The van der Waals surface area contributed by atoms with E-state index in [1.165, 1.54) is 0 Å². The van der Waals surface area contributed by atoms with Crippen LogP contribution in [0.15, 0.2) is 30.5 Å². The molecule has 0 spiro atoms. The molecule has 2 aromatic rings. The molecule has 1 aliphatic rings. The summed E-state index contributed by atoms with van der Waals surface area (Å²) in [6, 6.07) is 7.45. The molecule has 2 amide bonds. The molecular weight excluding hydrogens is 340 g/mol. The van der Waals surface area contributed by atoms with Crippen LogP contribution in [0.1, 0.15) is 29.9 Å². The number of halogens is 1. The van der Waals surface area contributed by atoms with Crippen LogP contribution in [-0.2, 0) is 11.2 Å². The summed E-state index contributed by atoms with van der Waals surface area (Å²) in [6.07, 6.45) is 2.28. The van der Waals surface area contributed by atoms with Gasteiger partial charge in [-0.3, -0.25) is 9.59 Å². The molecule has 2 heterocycles. The largest absolute Gasteiger partial charge is 0.339 e. The molecule has 0 N–H and O–H groups in total. The molecule has 7 heteroatoms. The zero-order chi connectivity index (χ0) is 18.0. The van der Waals surface area contributed by atoms with Gasteiger partial charge in [-0.25, -0.2) is 4.68 Å². The summed E-state index contributed by atoms with van der Waals surface area (Å²) in [6.45, 7) is 5.77. The van der Waals surface area contributed by atoms with Crippen molar-refractivity contribution in [3.05, 3.63) is 46.7 Å². The normalized spacial score (nSPS) is 14.7. The van der Waals surface area contributed by atoms with E-state index in [1.54, 1.807) is 33.7 Å². The average Bonchev–Trinajstić information content (AvgIpc) is 3.05. The topological polar surface area (TPSA) is 58.4 Å². The Balaban J connectivity index is 1.85. The Labute approximate surface area is 152 Å². The highest BCUT2D eigenvalue weighted by molar-refractivity contribution is 6.32. The number of benzene rings is 1. The molecule has 25 heavy (non-hydrogen) atoms. The fourth-order valence-corrected chi connectivity index (χ4v) is 3.33. The maximum absolute atomic E-state index is 12.9. The van der Waals surface area contributed by atoms with Gasteiger partial charge in [0.2, 0.25) is 5.91 Å². The van der Waals surface area contributed by atoms with E-state index in [4.69, 9.17) is 11.6 Å². The molecule has 1 fully saturated rings. The number of nitrogens with zero attached hydrogens (tertiary/aromatic N) is 4. The standard InChI is InChI=1S/C18H21ClN4O2/c1-3-16-14(12-20-23(16)17-7-5-4-6-15(17)19)18(25)22-10-8-21(9-11-22)13(2)24/h4-7,12H,3,8-11H2,1-2H3. The Morgan fingerprint density at radius 1 is 1.12 bits per heavy atom. The lowest BCUT2D eigenvalue weighted by Crippen LogP contribution is -2.50. The SMILES string of the molecule is CCc1c(C(=O)N2CCN(C(C)=O)CC2)cnn1-c1ccccc1Cl. The van der Waals surface area contributed by atoms with Crippen molar-refractivity contribution in [1.29, 1.82) is 0 Å². The minimum atomic E-state index is -0.0432. The first-order valence-electron chi connectivity index (χ1n) is 8.39. The van der Waals surface area contributed by atoms with E-state index in [1.807, 2.05) is 25.1 Å². The van der Waals surface area contributed by atoms with Crippen molar-refractivity contribution in [3.8, 4) is 5.69 Å².